The minimum Gasteiger partial charge on any atom is -0.490 e. The number of nitrogens with two attached hydrogens (primary N) is 1. The predicted octanol–water partition coefficient (Wildman–Crippen LogP) is 5.06. The number of piperidine rings is 1. The largest absolute Gasteiger partial charge is 0.490 e. The van der Waals surface area contributed by atoms with Crippen LogP contribution >= 0.6 is 11.3 Å². The van der Waals surface area contributed by atoms with Gasteiger partial charge in [-0.15, -0.1) is 11.3 Å². The number of likely N-dealkylation sites (tertiary alicyclic amines) is 1. The number of nitriles is 1. The zero-order valence-corrected chi connectivity index (χ0v) is 26.0. The lowest BCUT2D eigenvalue weighted by Crippen LogP contribution is -2.46. The molecule has 1 aliphatic carbocycles. The fraction of sp³-hybridized carbons (Fsp3) is 0.613. The maximum atomic E-state index is 9.89. The van der Waals surface area contributed by atoms with Crippen LogP contribution < -0.4 is 20.5 Å². The smallest absolute Gasteiger partial charge is 0.237 e. The number of thiophene rings is 1. The van der Waals surface area contributed by atoms with Crippen molar-refractivity contribution in [3.05, 3.63) is 34.0 Å². The van der Waals surface area contributed by atoms with Gasteiger partial charge in [-0.1, -0.05) is 5.16 Å². The molecule has 5 heterocycles. The number of nitrogens with zero attached hydrogens (tertiary/aromatic N) is 5. The monoisotopic (exact) mass is 591 g/mol. The summed E-state index contributed by atoms with van der Waals surface area (Å²) in [7, 11) is 2.15. The summed E-state index contributed by atoms with van der Waals surface area (Å²) in [6.07, 6.45) is 6.76. The lowest BCUT2D eigenvalue weighted by molar-refractivity contribution is 0.112. The van der Waals surface area contributed by atoms with Crippen LogP contribution in [0.4, 0.5) is 5.00 Å². The van der Waals surface area contributed by atoms with Gasteiger partial charge in [-0.25, -0.2) is 4.98 Å². The maximum absolute atomic E-state index is 9.89. The molecular weight excluding hydrogens is 550 g/mol. The molecule has 0 saturated carbocycles. The number of aromatic nitrogens is 3. The molecule has 6 rings (SSSR count). The van der Waals surface area contributed by atoms with Crippen molar-refractivity contribution in [3.63, 3.8) is 0 Å². The highest BCUT2D eigenvalue weighted by Gasteiger charge is 2.43. The van der Waals surface area contributed by atoms with Gasteiger partial charge in [0.25, 0.3) is 0 Å². The Hall–Kier alpha value is -3.20. The summed E-state index contributed by atoms with van der Waals surface area (Å²) >= 11 is 1.49. The quantitative estimate of drug-likeness (QED) is 0.384. The van der Waals surface area contributed by atoms with Crippen LogP contribution in [0.1, 0.15) is 88.1 Å². The minimum absolute atomic E-state index is 0.0409. The molecule has 224 valence electrons. The summed E-state index contributed by atoms with van der Waals surface area (Å²) in [5.41, 5.74) is 7.61. The molecule has 3 N–H and O–H groups in total. The molecule has 0 unspecified atom stereocenters. The Bertz CT molecular complexity index is 1450. The third-order valence-corrected chi connectivity index (χ3v) is 10.3. The topological polar surface area (TPSA) is 135 Å². The molecule has 3 aromatic rings. The van der Waals surface area contributed by atoms with Gasteiger partial charge in [-0.05, 0) is 86.2 Å². The van der Waals surface area contributed by atoms with E-state index in [0.717, 1.165) is 61.9 Å². The van der Waals surface area contributed by atoms with Crippen LogP contribution in [0.5, 0.6) is 11.6 Å². The molecule has 0 aromatic carbocycles. The van der Waals surface area contributed by atoms with Crippen LogP contribution in [-0.2, 0) is 11.8 Å². The van der Waals surface area contributed by atoms with E-state index >= 15 is 0 Å². The molecule has 0 spiro atoms. The van der Waals surface area contributed by atoms with Gasteiger partial charge in [-0.3, -0.25) is 4.90 Å². The summed E-state index contributed by atoms with van der Waals surface area (Å²) in [6.45, 7) is 9.62. The van der Waals surface area contributed by atoms with Gasteiger partial charge in [-0.2, -0.15) is 10.2 Å². The average Bonchev–Trinajstić information content (AvgIpc) is 3.67. The van der Waals surface area contributed by atoms with Gasteiger partial charge in [0, 0.05) is 40.7 Å². The van der Waals surface area contributed by atoms with Gasteiger partial charge >= 0.3 is 0 Å². The number of hydrogen-bond donors (Lipinski definition) is 2. The molecule has 2 saturated heterocycles. The van der Waals surface area contributed by atoms with Crippen LogP contribution in [0.3, 0.4) is 0 Å². The molecule has 3 aromatic heterocycles. The number of hydrogen-bond acceptors (Lipinski definition) is 11. The van der Waals surface area contributed by atoms with E-state index < -0.39 is 5.41 Å². The summed E-state index contributed by atoms with van der Waals surface area (Å²) in [5.74, 6) is 2.00. The van der Waals surface area contributed by atoms with Crippen molar-refractivity contribution in [1.29, 1.82) is 5.26 Å². The van der Waals surface area contributed by atoms with Crippen LogP contribution in [0.25, 0.3) is 11.5 Å². The number of rotatable bonds is 7. The fourth-order valence-electron chi connectivity index (χ4n) is 7.18. The Morgan fingerprint density at radius 1 is 1.24 bits per heavy atom. The molecular formula is C31H41N7O3S. The molecule has 11 heteroatoms. The van der Waals surface area contributed by atoms with Gasteiger partial charge < -0.3 is 25.0 Å². The molecule has 10 nitrogen and oxygen atoms in total. The minimum atomic E-state index is -0.603. The molecule has 2 fully saturated rings. The van der Waals surface area contributed by atoms with E-state index in [-0.39, 0.29) is 12.2 Å². The molecule has 3 aliphatic rings. The van der Waals surface area contributed by atoms with Crippen molar-refractivity contribution in [2.75, 3.05) is 19.3 Å². The fourth-order valence-corrected chi connectivity index (χ4v) is 8.37. The highest BCUT2D eigenvalue weighted by atomic mass is 32.1. The van der Waals surface area contributed by atoms with Gasteiger partial charge in [0.15, 0.2) is 0 Å². The van der Waals surface area contributed by atoms with E-state index in [4.69, 9.17) is 29.7 Å². The zero-order valence-electron chi connectivity index (χ0n) is 25.1. The normalized spacial score (nSPS) is 28.7. The first-order valence-corrected chi connectivity index (χ1v) is 15.9. The van der Waals surface area contributed by atoms with Crippen molar-refractivity contribution in [3.8, 4) is 29.2 Å². The predicted molar refractivity (Wildman–Crippen MR) is 162 cm³/mol. The third kappa shape index (κ3) is 5.48. The summed E-state index contributed by atoms with van der Waals surface area (Å²) in [4.78, 5) is 13.2. The Morgan fingerprint density at radius 3 is 2.74 bits per heavy atom. The molecule has 42 heavy (non-hydrogen) atoms. The SMILES string of the molecule is C[C@@H]1CC(Oc2cc(O[C@@H](C)[C@@H]3CCCN3C)nc(-c3noc([C@@]4(C)CCCc5sc(N)c(C#N)c54)n3)c2)C[C@@H](C)N1. The van der Waals surface area contributed by atoms with Crippen molar-refractivity contribution in [2.45, 2.75) is 108 Å². The van der Waals surface area contributed by atoms with Crippen molar-refractivity contribution < 1.29 is 14.0 Å². The van der Waals surface area contributed by atoms with Gasteiger partial charge in [0.1, 0.15) is 34.7 Å². The van der Waals surface area contributed by atoms with Crippen LogP contribution in [0.15, 0.2) is 16.7 Å². The Morgan fingerprint density at radius 2 is 2.02 bits per heavy atom. The zero-order chi connectivity index (χ0) is 29.6. The van der Waals surface area contributed by atoms with Crippen LogP contribution in [0, 0.1) is 11.3 Å². The van der Waals surface area contributed by atoms with E-state index in [1.54, 1.807) is 0 Å². The Labute approximate surface area is 251 Å². The summed E-state index contributed by atoms with van der Waals surface area (Å²) in [6, 6.07) is 7.15. The van der Waals surface area contributed by atoms with E-state index in [1.807, 2.05) is 12.1 Å². The molecule has 2 aliphatic heterocycles. The van der Waals surface area contributed by atoms with E-state index in [0.29, 0.717) is 57.7 Å². The third-order valence-electron chi connectivity index (χ3n) is 9.19. The summed E-state index contributed by atoms with van der Waals surface area (Å²) < 4.78 is 18.9. The number of pyridine rings is 1. The number of fused-ring (bicyclic) bond motifs is 1. The van der Waals surface area contributed by atoms with Crippen LogP contribution in [0.2, 0.25) is 0 Å². The number of nitrogen functional groups attached to an aromatic ring is 1. The first kappa shape index (κ1) is 28.9. The highest BCUT2D eigenvalue weighted by molar-refractivity contribution is 7.16. The van der Waals surface area contributed by atoms with Gasteiger partial charge in [0.2, 0.25) is 17.6 Å². The lowest BCUT2D eigenvalue weighted by atomic mass is 9.72. The van der Waals surface area contributed by atoms with Crippen molar-refractivity contribution in [1.82, 2.24) is 25.3 Å². The first-order chi connectivity index (χ1) is 20.1. The first-order valence-electron chi connectivity index (χ1n) is 15.1. The number of nitrogens with one attached hydrogen (secondary N) is 1. The van der Waals surface area contributed by atoms with E-state index in [1.165, 1.54) is 11.3 Å². The van der Waals surface area contributed by atoms with Crippen molar-refractivity contribution in [2.24, 2.45) is 0 Å². The molecule has 0 bridgehead atoms. The van der Waals surface area contributed by atoms with Crippen LogP contribution in [-0.4, -0.2) is 64.0 Å². The Kier molecular flexibility index (Phi) is 7.89. The second-order valence-corrected chi connectivity index (χ2v) is 13.7. The number of likely N-dealkylation sites (N-methyl/N-ethyl adjacent to an activating group) is 1. The van der Waals surface area contributed by atoms with Gasteiger partial charge in [0.05, 0.1) is 11.0 Å². The maximum Gasteiger partial charge on any atom is 0.237 e. The summed E-state index contributed by atoms with van der Waals surface area (Å²) in [5, 5.41) is 18.4. The van der Waals surface area contributed by atoms with Crippen molar-refractivity contribution >= 4 is 16.3 Å². The number of aryl methyl sites for hydroxylation is 1. The standard InChI is InChI=1S/C31H41N7O3S/c1-17-12-20(13-18(2)34-17)40-21-14-23(35-26(15-21)39-19(3)24-8-7-11-38(24)5)29-36-30(41-37-29)31(4)10-6-9-25-27(31)22(16-32)28(33)42-25/h14-15,17-20,24,34H,6-13,33H2,1-5H3/t17-,18-,19+,24+,31+/m1/s1. The second kappa shape index (κ2) is 11.5. The van der Waals surface area contributed by atoms with E-state index in [2.05, 4.69) is 56.2 Å². The average molecular weight is 592 g/mol. The second-order valence-electron chi connectivity index (χ2n) is 12.6. The molecule has 5 atom stereocenters. The molecule has 0 amide bonds. The number of anilines is 1. The highest BCUT2D eigenvalue weighted by Crippen LogP contribution is 2.48. The molecule has 0 radical (unpaired) electrons. The lowest BCUT2D eigenvalue weighted by Gasteiger charge is -2.33. The Balaban J connectivity index is 1.34. The van der Waals surface area contributed by atoms with E-state index in [9.17, 15) is 5.26 Å². The number of ether oxygens (including phenoxy) is 2.